The summed E-state index contributed by atoms with van der Waals surface area (Å²) in [6.45, 7) is 16.1. The number of hydrogen-bond acceptors (Lipinski definition) is 2. The summed E-state index contributed by atoms with van der Waals surface area (Å²) in [7, 11) is 2.03. The lowest BCUT2D eigenvalue weighted by Crippen LogP contribution is -2.41. The Kier molecular flexibility index (Phi) is 6.38. The van der Waals surface area contributed by atoms with Crippen molar-refractivity contribution in [1.82, 2.24) is 10.2 Å². The van der Waals surface area contributed by atoms with Gasteiger partial charge in [0, 0.05) is 19.6 Å². The maximum atomic E-state index is 3.26. The SMILES string of the molecule is CCN(CC(C)C)CC(C)(C)CNC. The molecule has 0 saturated carbocycles. The van der Waals surface area contributed by atoms with Gasteiger partial charge in [0.1, 0.15) is 0 Å². The summed E-state index contributed by atoms with van der Waals surface area (Å²) < 4.78 is 0. The number of rotatable bonds is 7. The predicted molar refractivity (Wildman–Crippen MR) is 64.7 cm³/mol. The highest BCUT2D eigenvalue weighted by atomic mass is 15.1. The highest BCUT2D eigenvalue weighted by molar-refractivity contribution is 4.75. The molecule has 0 rings (SSSR count). The first kappa shape index (κ1) is 13.9. The highest BCUT2D eigenvalue weighted by Crippen LogP contribution is 2.16. The summed E-state index contributed by atoms with van der Waals surface area (Å²) in [6, 6.07) is 0. The molecule has 0 heterocycles. The van der Waals surface area contributed by atoms with Crippen LogP contribution in [0, 0.1) is 11.3 Å². The molecule has 0 aliphatic heterocycles. The molecule has 0 fully saturated rings. The Morgan fingerprint density at radius 2 is 1.86 bits per heavy atom. The normalized spacial score (nSPS) is 12.9. The van der Waals surface area contributed by atoms with E-state index in [1.165, 1.54) is 13.1 Å². The van der Waals surface area contributed by atoms with Crippen molar-refractivity contribution in [3.05, 3.63) is 0 Å². The van der Waals surface area contributed by atoms with E-state index in [0.29, 0.717) is 5.41 Å². The van der Waals surface area contributed by atoms with E-state index in [9.17, 15) is 0 Å². The fraction of sp³-hybridized carbons (Fsp3) is 1.00. The number of nitrogens with one attached hydrogen (secondary N) is 1. The number of nitrogens with zero attached hydrogens (tertiary/aromatic N) is 1. The Balaban J connectivity index is 4.02. The minimum Gasteiger partial charge on any atom is -0.319 e. The summed E-state index contributed by atoms with van der Waals surface area (Å²) in [5.41, 5.74) is 0.375. The second kappa shape index (κ2) is 6.41. The Morgan fingerprint density at radius 3 is 2.21 bits per heavy atom. The average molecular weight is 200 g/mol. The first-order valence-electron chi connectivity index (χ1n) is 5.78. The van der Waals surface area contributed by atoms with Crippen LogP contribution in [-0.4, -0.2) is 38.1 Å². The molecule has 2 heteroatoms. The Morgan fingerprint density at radius 1 is 1.29 bits per heavy atom. The molecule has 0 aromatic rings. The topological polar surface area (TPSA) is 15.3 Å². The minimum atomic E-state index is 0.375. The van der Waals surface area contributed by atoms with Crippen LogP contribution in [0.4, 0.5) is 0 Å². The summed E-state index contributed by atoms with van der Waals surface area (Å²) in [5.74, 6) is 0.764. The van der Waals surface area contributed by atoms with Crippen molar-refractivity contribution in [2.24, 2.45) is 11.3 Å². The van der Waals surface area contributed by atoms with E-state index in [1.807, 2.05) is 7.05 Å². The molecule has 0 unspecified atom stereocenters. The Labute approximate surface area is 90.1 Å². The Bertz CT molecular complexity index is 141. The second-order valence-electron chi connectivity index (χ2n) is 5.42. The fourth-order valence-corrected chi connectivity index (χ4v) is 1.96. The van der Waals surface area contributed by atoms with Crippen LogP contribution >= 0.6 is 0 Å². The van der Waals surface area contributed by atoms with Gasteiger partial charge in [0.15, 0.2) is 0 Å². The molecular formula is C12H28N2. The van der Waals surface area contributed by atoms with Gasteiger partial charge in [-0.2, -0.15) is 0 Å². The van der Waals surface area contributed by atoms with Crippen LogP contribution in [0.25, 0.3) is 0 Å². The maximum absolute atomic E-state index is 3.26. The molecular weight excluding hydrogens is 172 g/mol. The van der Waals surface area contributed by atoms with Crippen LogP contribution in [0.2, 0.25) is 0 Å². The first-order chi connectivity index (χ1) is 6.41. The summed E-state index contributed by atoms with van der Waals surface area (Å²) >= 11 is 0. The van der Waals surface area contributed by atoms with E-state index in [2.05, 4.69) is 44.8 Å². The summed E-state index contributed by atoms with van der Waals surface area (Å²) in [4.78, 5) is 2.54. The van der Waals surface area contributed by atoms with Crippen molar-refractivity contribution >= 4 is 0 Å². The van der Waals surface area contributed by atoms with Crippen molar-refractivity contribution in [2.45, 2.75) is 34.6 Å². The third kappa shape index (κ3) is 6.39. The molecule has 86 valence electrons. The molecule has 2 nitrogen and oxygen atoms in total. The average Bonchev–Trinajstić information content (AvgIpc) is 2.01. The van der Waals surface area contributed by atoms with Crippen LogP contribution in [-0.2, 0) is 0 Å². The zero-order chi connectivity index (χ0) is 11.2. The van der Waals surface area contributed by atoms with Crippen LogP contribution in [0.15, 0.2) is 0 Å². The summed E-state index contributed by atoms with van der Waals surface area (Å²) in [6.07, 6.45) is 0. The van der Waals surface area contributed by atoms with Gasteiger partial charge in [-0.15, -0.1) is 0 Å². The third-order valence-corrected chi connectivity index (χ3v) is 2.38. The van der Waals surface area contributed by atoms with Gasteiger partial charge in [-0.3, -0.25) is 0 Å². The fourth-order valence-electron chi connectivity index (χ4n) is 1.96. The van der Waals surface area contributed by atoms with Gasteiger partial charge in [0.25, 0.3) is 0 Å². The van der Waals surface area contributed by atoms with E-state index in [4.69, 9.17) is 0 Å². The molecule has 0 amide bonds. The van der Waals surface area contributed by atoms with Crippen molar-refractivity contribution < 1.29 is 0 Å². The zero-order valence-corrected chi connectivity index (χ0v) is 10.9. The monoisotopic (exact) mass is 200 g/mol. The lowest BCUT2D eigenvalue weighted by Gasteiger charge is -2.32. The molecule has 1 N–H and O–H groups in total. The molecule has 0 aliphatic carbocycles. The molecule has 0 spiro atoms. The van der Waals surface area contributed by atoms with E-state index < -0.39 is 0 Å². The van der Waals surface area contributed by atoms with Gasteiger partial charge in [0.2, 0.25) is 0 Å². The van der Waals surface area contributed by atoms with Gasteiger partial charge in [-0.05, 0) is 24.9 Å². The van der Waals surface area contributed by atoms with Gasteiger partial charge >= 0.3 is 0 Å². The first-order valence-corrected chi connectivity index (χ1v) is 5.78. The molecule has 14 heavy (non-hydrogen) atoms. The minimum absolute atomic E-state index is 0.375. The molecule has 0 aliphatic rings. The molecule has 0 saturated heterocycles. The lowest BCUT2D eigenvalue weighted by molar-refractivity contribution is 0.168. The molecule has 0 atom stereocenters. The third-order valence-electron chi connectivity index (χ3n) is 2.38. The van der Waals surface area contributed by atoms with E-state index in [0.717, 1.165) is 19.0 Å². The predicted octanol–water partition coefficient (Wildman–Crippen LogP) is 2.21. The van der Waals surface area contributed by atoms with Gasteiger partial charge < -0.3 is 10.2 Å². The van der Waals surface area contributed by atoms with Crippen LogP contribution in [0.1, 0.15) is 34.6 Å². The molecule has 0 bridgehead atoms. The van der Waals surface area contributed by atoms with Crippen molar-refractivity contribution in [3.8, 4) is 0 Å². The van der Waals surface area contributed by atoms with E-state index >= 15 is 0 Å². The van der Waals surface area contributed by atoms with Gasteiger partial charge in [0.05, 0.1) is 0 Å². The summed E-state index contributed by atoms with van der Waals surface area (Å²) in [5, 5.41) is 3.26. The smallest absolute Gasteiger partial charge is 0.00448 e. The van der Waals surface area contributed by atoms with Crippen molar-refractivity contribution in [3.63, 3.8) is 0 Å². The van der Waals surface area contributed by atoms with Crippen molar-refractivity contribution in [2.75, 3.05) is 33.2 Å². The second-order valence-corrected chi connectivity index (χ2v) is 5.42. The van der Waals surface area contributed by atoms with Gasteiger partial charge in [-0.1, -0.05) is 34.6 Å². The van der Waals surface area contributed by atoms with E-state index in [-0.39, 0.29) is 0 Å². The van der Waals surface area contributed by atoms with Crippen LogP contribution < -0.4 is 5.32 Å². The van der Waals surface area contributed by atoms with Crippen LogP contribution in [0.3, 0.4) is 0 Å². The zero-order valence-electron chi connectivity index (χ0n) is 10.9. The van der Waals surface area contributed by atoms with Crippen molar-refractivity contribution in [1.29, 1.82) is 0 Å². The molecule has 0 radical (unpaired) electrons. The van der Waals surface area contributed by atoms with Gasteiger partial charge in [-0.25, -0.2) is 0 Å². The quantitative estimate of drug-likeness (QED) is 0.678. The Hall–Kier alpha value is -0.0800. The number of hydrogen-bond donors (Lipinski definition) is 1. The highest BCUT2D eigenvalue weighted by Gasteiger charge is 2.20. The van der Waals surface area contributed by atoms with Crippen LogP contribution in [0.5, 0.6) is 0 Å². The largest absolute Gasteiger partial charge is 0.319 e. The molecule has 0 aromatic heterocycles. The lowest BCUT2D eigenvalue weighted by atomic mass is 9.92. The standard InChI is InChI=1S/C12H28N2/c1-7-14(8-11(2)3)10-12(4,5)9-13-6/h11,13H,7-10H2,1-6H3. The molecule has 0 aromatic carbocycles. The maximum Gasteiger partial charge on any atom is 0.00448 e. The van der Waals surface area contributed by atoms with E-state index in [1.54, 1.807) is 0 Å².